The van der Waals surface area contributed by atoms with E-state index in [1.807, 2.05) is 37.2 Å². The number of anilines is 3. The molecule has 2 heterocycles. The van der Waals surface area contributed by atoms with Crippen molar-refractivity contribution in [3.8, 4) is 5.75 Å². The summed E-state index contributed by atoms with van der Waals surface area (Å²) in [5.74, 6) is 0.278. The van der Waals surface area contributed by atoms with Gasteiger partial charge < -0.3 is 41.0 Å². The van der Waals surface area contributed by atoms with Crippen molar-refractivity contribution in [2.24, 2.45) is 5.73 Å². The molecule has 13 heteroatoms. The van der Waals surface area contributed by atoms with Crippen molar-refractivity contribution in [1.82, 2.24) is 25.1 Å². The molecule has 2 aromatic rings. The first kappa shape index (κ1) is 33.3. The highest BCUT2D eigenvalue weighted by Gasteiger charge is 2.21. The maximum Gasteiger partial charge on any atom is 0.271 e. The number of nitrogens with two attached hydrogens (primary N) is 1. The molecule has 13 nitrogen and oxygen atoms in total. The molecule has 0 aliphatic carbocycles. The second kappa shape index (κ2) is 16.4. The molecule has 1 aromatic heterocycles. The molecule has 1 aromatic carbocycles. The zero-order chi connectivity index (χ0) is 31.4. The van der Waals surface area contributed by atoms with Crippen LogP contribution in [-0.2, 0) is 14.3 Å². The Bertz CT molecular complexity index is 1280. The lowest BCUT2D eigenvalue weighted by Gasteiger charge is -2.24. The van der Waals surface area contributed by atoms with Crippen molar-refractivity contribution in [2.75, 3.05) is 64.7 Å². The van der Waals surface area contributed by atoms with Crippen LogP contribution in [0.5, 0.6) is 5.75 Å². The number of rotatable bonds is 15. The standard InChI is InChI=1S/C30H44N8O5/c1-20-28(34-22-12-17-42-18-13-22)36-29(26(33-20)27(31)40)35-23-9-6-10-24(19-23)43-16-8-14-32-30(41)21(2)38(5)25(39)11-7-15-37(3)4/h6-7,9-11,19,21-22H,8,12-18H2,1-5H3,(H2,31,40)(H,32,41)(H2,34,35,36)/b11-7+/t21-/m0/s1. The minimum absolute atomic E-state index is 0.0447. The number of nitrogens with zero attached hydrogens (tertiary/aromatic N) is 4. The lowest BCUT2D eigenvalue weighted by Crippen LogP contribution is -2.45. The molecule has 43 heavy (non-hydrogen) atoms. The Morgan fingerprint density at radius 3 is 2.60 bits per heavy atom. The Morgan fingerprint density at radius 1 is 1.16 bits per heavy atom. The first-order chi connectivity index (χ1) is 20.5. The van der Waals surface area contributed by atoms with Gasteiger partial charge in [0.05, 0.1) is 12.3 Å². The molecule has 5 N–H and O–H groups in total. The topological polar surface area (TPSA) is 164 Å². The molecule has 0 spiro atoms. The molecule has 0 unspecified atom stereocenters. The van der Waals surface area contributed by atoms with Gasteiger partial charge >= 0.3 is 0 Å². The SMILES string of the molecule is Cc1nc(C(N)=O)c(Nc2cccc(OCCCNC(=O)[C@H](C)N(C)C(=O)/C=C/CN(C)C)c2)nc1NC1CCOCC1. The highest BCUT2D eigenvalue weighted by Crippen LogP contribution is 2.25. The largest absolute Gasteiger partial charge is 0.493 e. The Labute approximate surface area is 253 Å². The second-order valence-electron chi connectivity index (χ2n) is 10.7. The van der Waals surface area contributed by atoms with Crippen LogP contribution < -0.4 is 26.4 Å². The number of aryl methyl sites for hydroxylation is 1. The monoisotopic (exact) mass is 596 g/mol. The smallest absolute Gasteiger partial charge is 0.271 e. The summed E-state index contributed by atoms with van der Waals surface area (Å²) in [5.41, 5.74) is 6.87. The minimum atomic E-state index is -0.684. The van der Waals surface area contributed by atoms with E-state index in [1.54, 1.807) is 33.0 Å². The summed E-state index contributed by atoms with van der Waals surface area (Å²) in [6.45, 7) is 6.23. The zero-order valence-electron chi connectivity index (χ0n) is 25.7. The number of aromatic nitrogens is 2. The van der Waals surface area contributed by atoms with Crippen LogP contribution in [-0.4, -0.2) is 104 Å². The van der Waals surface area contributed by atoms with Gasteiger partial charge in [-0.3, -0.25) is 14.4 Å². The summed E-state index contributed by atoms with van der Waals surface area (Å²) in [6.07, 6.45) is 5.51. The summed E-state index contributed by atoms with van der Waals surface area (Å²) in [4.78, 5) is 49.3. The maximum absolute atomic E-state index is 12.5. The van der Waals surface area contributed by atoms with E-state index in [4.69, 9.17) is 15.2 Å². The average molecular weight is 597 g/mol. The Morgan fingerprint density at radius 2 is 1.91 bits per heavy atom. The number of ether oxygens (including phenoxy) is 2. The first-order valence-corrected chi connectivity index (χ1v) is 14.4. The van der Waals surface area contributed by atoms with Gasteiger partial charge in [0.1, 0.15) is 17.6 Å². The summed E-state index contributed by atoms with van der Waals surface area (Å²) < 4.78 is 11.3. The second-order valence-corrected chi connectivity index (χ2v) is 10.7. The fraction of sp³-hybridized carbons (Fsp3) is 0.500. The van der Waals surface area contributed by atoms with Gasteiger partial charge in [-0.25, -0.2) is 9.97 Å². The van der Waals surface area contributed by atoms with Crippen LogP contribution in [0.2, 0.25) is 0 Å². The molecule has 1 atom stereocenters. The third-order valence-corrected chi connectivity index (χ3v) is 6.89. The predicted molar refractivity (Wildman–Crippen MR) is 166 cm³/mol. The lowest BCUT2D eigenvalue weighted by atomic mass is 10.1. The Kier molecular flexibility index (Phi) is 12.7. The van der Waals surface area contributed by atoms with Crippen LogP contribution in [0.1, 0.15) is 42.4 Å². The molecule has 0 radical (unpaired) electrons. The Balaban J connectivity index is 1.51. The predicted octanol–water partition coefficient (Wildman–Crippen LogP) is 2.07. The van der Waals surface area contributed by atoms with Crippen molar-refractivity contribution >= 4 is 35.0 Å². The van der Waals surface area contributed by atoms with E-state index in [-0.39, 0.29) is 29.4 Å². The summed E-state index contributed by atoms with van der Waals surface area (Å²) in [7, 11) is 5.43. The number of nitrogens with one attached hydrogen (secondary N) is 3. The number of carbonyl (C=O) groups is 3. The number of carbonyl (C=O) groups excluding carboxylic acids is 3. The number of hydrogen-bond donors (Lipinski definition) is 4. The first-order valence-electron chi connectivity index (χ1n) is 14.4. The van der Waals surface area contributed by atoms with E-state index in [9.17, 15) is 14.4 Å². The van der Waals surface area contributed by atoms with E-state index in [1.165, 1.54) is 11.0 Å². The quantitative estimate of drug-likeness (QED) is 0.177. The fourth-order valence-electron chi connectivity index (χ4n) is 4.22. The van der Waals surface area contributed by atoms with Crippen LogP contribution in [0.4, 0.5) is 17.3 Å². The van der Waals surface area contributed by atoms with E-state index in [2.05, 4.69) is 25.9 Å². The molecule has 234 valence electrons. The van der Waals surface area contributed by atoms with Gasteiger partial charge in [-0.05, 0) is 59.3 Å². The number of likely N-dealkylation sites (N-methyl/N-ethyl adjacent to an activating group) is 2. The zero-order valence-corrected chi connectivity index (χ0v) is 25.7. The fourth-order valence-corrected chi connectivity index (χ4v) is 4.22. The number of amides is 3. The van der Waals surface area contributed by atoms with Gasteiger partial charge in [-0.2, -0.15) is 0 Å². The van der Waals surface area contributed by atoms with Crippen molar-refractivity contribution in [3.63, 3.8) is 0 Å². The molecule has 1 aliphatic rings. The number of hydrogen-bond acceptors (Lipinski definition) is 10. The highest BCUT2D eigenvalue weighted by atomic mass is 16.5. The molecular formula is C30H44N8O5. The molecule has 1 aliphatic heterocycles. The normalized spacial score (nSPS) is 14.4. The van der Waals surface area contributed by atoms with Gasteiger partial charge in [0.2, 0.25) is 11.8 Å². The molecule has 0 bridgehead atoms. The third-order valence-electron chi connectivity index (χ3n) is 6.89. The Hall–Kier alpha value is -4.23. The molecule has 3 rings (SSSR count). The van der Waals surface area contributed by atoms with Gasteiger partial charge in [-0.15, -0.1) is 0 Å². The lowest BCUT2D eigenvalue weighted by molar-refractivity contribution is -0.135. The number of benzene rings is 1. The van der Waals surface area contributed by atoms with Gasteiger partial charge in [0.15, 0.2) is 11.5 Å². The maximum atomic E-state index is 12.5. The van der Waals surface area contributed by atoms with Crippen LogP contribution >= 0.6 is 0 Å². The van der Waals surface area contributed by atoms with Crippen molar-refractivity contribution in [3.05, 3.63) is 47.8 Å². The van der Waals surface area contributed by atoms with E-state index in [0.29, 0.717) is 62.3 Å². The highest BCUT2D eigenvalue weighted by molar-refractivity contribution is 5.96. The molecule has 1 saturated heterocycles. The molecule has 3 amide bonds. The van der Waals surface area contributed by atoms with Crippen LogP contribution in [0, 0.1) is 6.92 Å². The summed E-state index contributed by atoms with van der Waals surface area (Å²) >= 11 is 0. The van der Waals surface area contributed by atoms with Gasteiger partial charge in [0.25, 0.3) is 5.91 Å². The van der Waals surface area contributed by atoms with E-state index >= 15 is 0 Å². The van der Waals surface area contributed by atoms with Crippen molar-refractivity contribution < 1.29 is 23.9 Å². The van der Waals surface area contributed by atoms with Crippen LogP contribution in [0.15, 0.2) is 36.4 Å². The summed E-state index contributed by atoms with van der Waals surface area (Å²) in [6, 6.07) is 6.82. The van der Waals surface area contributed by atoms with Crippen molar-refractivity contribution in [2.45, 2.75) is 45.2 Å². The molecule has 1 fully saturated rings. The van der Waals surface area contributed by atoms with Crippen LogP contribution in [0.25, 0.3) is 0 Å². The van der Waals surface area contributed by atoms with Gasteiger partial charge in [0, 0.05) is 57.2 Å². The minimum Gasteiger partial charge on any atom is -0.493 e. The van der Waals surface area contributed by atoms with E-state index in [0.717, 1.165) is 12.8 Å². The van der Waals surface area contributed by atoms with Crippen LogP contribution in [0.3, 0.4) is 0 Å². The summed E-state index contributed by atoms with van der Waals surface area (Å²) in [5, 5.41) is 9.41. The average Bonchev–Trinajstić information content (AvgIpc) is 2.98. The van der Waals surface area contributed by atoms with Crippen molar-refractivity contribution in [1.29, 1.82) is 0 Å². The van der Waals surface area contributed by atoms with Gasteiger partial charge in [-0.1, -0.05) is 12.1 Å². The number of primary amides is 1. The molecule has 0 saturated carbocycles. The molecular weight excluding hydrogens is 552 g/mol. The van der Waals surface area contributed by atoms with E-state index < -0.39 is 11.9 Å². The third kappa shape index (κ3) is 10.5.